The van der Waals surface area contributed by atoms with Crippen LogP contribution in [-0.4, -0.2) is 5.88 Å². The minimum absolute atomic E-state index is 0.647. The van der Waals surface area contributed by atoms with Crippen molar-refractivity contribution in [2.75, 3.05) is 5.88 Å². The van der Waals surface area contributed by atoms with Crippen LogP contribution in [-0.2, 0) is 0 Å². The fourth-order valence-corrected chi connectivity index (χ4v) is 1.27. The lowest BCUT2D eigenvalue weighted by Crippen LogP contribution is -1.79. The van der Waals surface area contributed by atoms with Gasteiger partial charge in [-0.3, -0.25) is 0 Å². The van der Waals surface area contributed by atoms with Crippen LogP contribution >= 0.6 is 11.6 Å². The van der Waals surface area contributed by atoms with Crippen molar-refractivity contribution in [1.29, 1.82) is 0 Å². The van der Waals surface area contributed by atoms with Crippen molar-refractivity contribution in [2.24, 2.45) is 0 Å². The van der Waals surface area contributed by atoms with Gasteiger partial charge in [-0.2, -0.15) is 0 Å². The molecule has 0 bridgehead atoms. The fraction of sp³-hybridized carbons (Fsp3) is 0.636. The number of hydrogen-bond acceptors (Lipinski definition) is 0. The first-order valence-corrected chi connectivity index (χ1v) is 5.05. The Morgan fingerprint density at radius 3 is 2.33 bits per heavy atom. The molecule has 0 heterocycles. The molecule has 0 aromatic heterocycles. The van der Waals surface area contributed by atoms with Crippen LogP contribution < -0.4 is 0 Å². The molecule has 0 aliphatic heterocycles. The molecule has 0 nitrogen and oxygen atoms in total. The van der Waals surface area contributed by atoms with Gasteiger partial charge < -0.3 is 0 Å². The highest BCUT2D eigenvalue weighted by atomic mass is 35.5. The molecule has 0 atom stereocenters. The van der Waals surface area contributed by atoms with Crippen LogP contribution in [0.4, 0.5) is 0 Å². The first kappa shape index (κ1) is 11.8. The number of halogens is 1. The molecule has 0 N–H and O–H groups in total. The quantitative estimate of drug-likeness (QED) is 0.341. The summed E-state index contributed by atoms with van der Waals surface area (Å²) in [5, 5.41) is 0. The van der Waals surface area contributed by atoms with Gasteiger partial charge in [-0.1, -0.05) is 23.3 Å². The molecule has 0 aromatic rings. The van der Waals surface area contributed by atoms with Gasteiger partial charge in [0.2, 0.25) is 0 Å². The number of rotatable bonds is 5. The first-order valence-electron chi connectivity index (χ1n) is 4.51. The number of hydrogen-bond donors (Lipinski definition) is 0. The molecular formula is C11H19Cl. The molecule has 70 valence electrons. The van der Waals surface area contributed by atoms with Gasteiger partial charge in [-0.25, -0.2) is 0 Å². The molecule has 1 heteroatoms. The highest BCUT2D eigenvalue weighted by Crippen LogP contribution is 2.08. The van der Waals surface area contributed by atoms with E-state index >= 15 is 0 Å². The Hall–Kier alpha value is -0.230. The van der Waals surface area contributed by atoms with Crippen molar-refractivity contribution >= 4 is 11.6 Å². The minimum Gasteiger partial charge on any atom is -0.122 e. The van der Waals surface area contributed by atoms with E-state index in [-0.39, 0.29) is 0 Å². The average molecular weight is 187 g/mol. The molecule has 0 saturated heterocycles. The lowest BCUT2D eigenvalue weighted by atomic mass is 10.1. The second-order valence-corrected chi connectivity index (χ2v) is 3.69. The van der Waals surface area contributed by atoms with Gasteiger partial charge in [0.25, 0.3) is 0 Å². The second-order valence-electron chi connectivity index (χ2n) is 3.38. The van der Waals surface area contributed by atoms with Gasteiger partial charge in [-0.15, -0.1) is 11.6 Å². The van der Waals surface area contributed by atoms with Gasteiger partial charge in [0.1, 0.15) is 0 Å². The van der Waals surface area contributed by atoms with E-state index in [0.29, 0.717) is 5.88 Å². The van der Waals surface area contributed by atoms with Crippen LogP contribution in [0.15, 0.2) is 23.3 Å². The Morgan fingerprint density at radius 1 is 1.17 bits per heavy atom. The molecule has 0 unspecified atom stereocenters. The largest absolute Gasteiger partial charge is 0.122 e. The van der Waals surface area contributed by atoms with Crippen LogP contribution in [0.3, 0.4) is 0 Å². The zero-order valence-corrected chi connectivity index (χ0v) is 9.12. The van der Waals surface area contributed by atoms with E-state index in [9.17, 15) is 0 Å². The number of allylic oxidation sites excluding steroid dienone is 4. The predicted molar refractivity (Wildman–Crippen MR) is 57.8 cm³/mol. The maximum absolute atomic E-state index is 5.57. The molecule has 0 saturated carbocycles. The van der Waals surface area contributed by atoms with Gasteiger partial charge >= 0.3 is 0 Å². The minimum atomic E-state index is 0.647. The molecular weight excluding hydrogens is 168 g/mol. The topological polar surface area (TPSA) is 0 Å². The third-order valence-corrected chi connectivity index (χ3v) is 1.91. The summed E-state index contributed by atoms with van der Waals surface area (Å²) in [6, 6.07) is 0. The smallest absolute Gasteiger partial charge is 0.0406 e. The lowest BCUT2D eigenvalue weighted by molar-refractivity contribution is 0.827. The van der Waals surface area contributed by atoms with E-state index in [1.807, 2.05) is 0 Å². The average Bonchev–Trinajstić information content (AvgIpc) is 1.98. The first-order chi connectivity index (χ1) is 5.66. The second kappa shape index (κ2) is 7.42. The monoisotopic (exact) mass is 186 g/mol. The summed E-state index contributed by atoms with van der Waals surface area (Å²) in [4.78, 5) is 0. The molecule has 0 aliphatic carbocycles. The molecule has 0 aromatic carbocycles. The summed E-state index contributed by atoms with van der Waals surface area (Å²) in [7, 11) is 0. The molecule has 0 fully saturated rings. The standard InChI is InChI=1S/C11H19Cl/c1-10(2)6-4-5-7-11(3)8-9-12/h6,8H,4-5,7,9H2,1-3H3. The van der Waals surface area contributed by atoms with Gasteiger partial charge in [0, 0.05) is 5.88 Å². The molecule has 12 heavy (non-hydrogen) atoms. The van der Waals surface area contributed by atoms with Crippen LogP contribution in [0.25, 0.3) is 0 Å². The molecule has 0 amide bonds. The zero-order chi connectivity index (χ0) is 9.40. The number of alkyl halides is 1. The van der Waals surface area contributed by atoms with Crippen molar-refractivity contribution in [3.63, 3.8) is 0 Å². The summed E-state index contributed by atoms with van der Waals surface area (Å²) >= 11 is 5.57. The van der Waals surface area contributed by atoms with E-state index < -0.39 is 0 Å². The maximum atomic E-state index is 5.57. The normalized spacial score (nSPS) is 11.5. The molecule has 0 rings (SSSR count). The Morgan fingerprint density at radius 2 is 1.83 bits per heavy atom. The number of unbranched alkanes of at least 4 members (excludes halogenated alkanes) is 1. The van der Waals surface area contributed by atoms with Crippen molar-refractivity contribution < 1.29 is 0 Å². The lowest BCUT2D eigenvalue weighted by Gasteiger charge is -1.98. The molecule has 0 radical (unpaired) electrons. The highest BCUT2D eigenvalue weighted by Gasteiger charge is 1.88. The summed E-state index contributed by atoms with van der Waals surface area (Å²) < 4.78 is 0. The molecule has 0 spiro atoms. The summed E-state index contributed by atoms with van der Waals surface area (Å²) in [6.45, 7) is 6.42. The van der Waals surface area contributed by atoms with Crippen LogP contribution in [0.5, 0.6) is 0 Å². The summed E-state index contributed by atoms with van der Waals surface area (Å²) in [6.07, 6.45) is 7.98. The van der Waals surface area contributed by atoms with Gasteiger partial charge in [0.05, 0.1) is 0 Å². The maximum Gasteiger partial charge on any atom is 0.0406 e. The van der Waals surface area contributed by atoms with E-state index in [1.54, 1.807) is 0 Å². The van der Waals surface area contributed by atoms with Crippen LogP contribution in [0, 0.1) is 0 Å². The summed E-state index contributed by atoms with van der Waals surface area (Å²) in [5.74, 6) is 0.647. The fourth-order valence-electron chi connectivity index (χ4n) is 1.01. The van der Waals surface area contributed by atoms with Gasteiger partial charge in [0.15, 0.2) is 0 Å². The Bertz CT molecular complexity index is 162. The third-order valence-electron chi connectivity index (χ3n) is 1.75. The van der Waals surface area contributed by atoms with E-state index in [2.05, 4.69) is 32.9 Å². The van der Waals surface area contributed by atoms with Crippen molar-refractivity contribution in [1.82, 2.24) is 0 Å². The van der Waals surface area contributed by atoms with Gasteiger partial charge in [-0.05, 0) is 40.0 Å². The zero-order valence-electron chi connectivity index (χ0n) is 8.36. The SMILES string of the molecule is CC(C)=CCCCC(C)=CCCl. The predicted octanol–water partition coefficient (Wildman–Crippen LogP) is 4.31. The van der Waals surface area contributed by atoms with Crippen molar-refractivity contribution in [3.8, 4) is 0 Å². The van der Waals surface area contributed by atoms with Crippen LogP contribution in [0.2, 0.25) is 0 Å². The highest BCUT2D eigenvalue weighted by molar-refractivity contribution is 6.18. The Balaban J connectivity index is 3.44. The van der Waals surface area contributed by atoms with E-state index in [4.69, 9.17) is 11.6 Å². The van der Waals surface area contributed by atoms with Crippen LogP contribution in [0.1, 0.15) is 40.0 Å². The van der Waals surface area contributed by atoms with Crippen molar-refractivity contribution in [2.45, 2.75) is 40.0 Å². The Kier molecular flexibility index (Phi) is 7.28. The van der Waals surface area contributed by atoms with Crippen molar-refractivity contribution in [3.05, 3.63) is 23.3 Å². The third kappa shape index (κ3) is 7.87. The van der Waals surface area contributed by atoms with E-state index in [1.165, 1.54) is 30.4 Å². The molecule has 0 aliphatic rings. The summed E-state index contributed by atoms with van der Waals surface area (Å²) in [5.41, 5.74) is 2.82. The van der Waals surface area contributed by atoms with E-state index in [0.717, 1.165) is 0 Å². The Labute approximate surface area is 81.3 Å².